The fraction of sp³-hybridized carbons (Fsp3) is 0.923. The van der Waals surface area contributed by atoms with Gasteiger partial charge in [-0.2, -0.15) is 0 Å². The van der Waals surface area contributed by atoms with Gasteiger partial charge in [-0.3, -0.25) is 4.79 Å². The number of nitrogens with zero attached hydrogens (tertiary/aromatic N) is 1. The molecule has 2 rings (SSSR count). The summed E-state index contributed by atoms with van der Waals surface area (Å²) in [4.78, 5) is 14.5. The Morgan fingerprint density at radius 1 is 1.47 bits per heavy atom. The van der Waals surface area contributed by atoms with Crippen molar-refractivity contribution in [2.24, 2.45) is 11.1 Å². The lowest BCUT2D eigenvalue weighted by atomic mass is 9.85. The quantitative estimate of drug-likeness (QED) is 0.786. The van der Waals surface area contributed by atoms with Crippen LogP contribution in [0.1, 0.15) is 25.7 Å². The first-order valence-corrected chi connectivity index (χ1v) is 6.95. The molecule has 0 aromatic rings. The minimum atomic E-state index is -0.305. The monoisotopic (exact) mass is 291 g/mol. The maximum absolute atomic E-state index is 12.3. The maximum atomic E-state index is 12.3. The summed E-state index contributed by atoms with van der Waals surface area (Å²) in [6.07, 6.45) is 4.21. The van der Waals surface area contributed by atoms with Gasteiger partial charge in [0.1, 0.15) is 0 Å². The van der Waals surface area contributed by atoms with Crippen LogP contribution in [0, 0.1) is 5.41 Å². The molecule has 6 heteroatoms. The lowest BCUT2D eigenvalue weighted by molar-refractivity contribution is -0.131. The van der Waals surface area contributed by atoms with Gasteiger partial charge in [0.2, 0.25) is 5.91 Å². The molecule has 1 amide bonds. The molecular weight excluding hydrogens is 266 g/mol. The number of halogens is 1. The summed E-state index contributed by atoms with van der Waals surface area (Å²) in [5.74, 6) is 0.124. The number of nitrogens with one attached hydrogen (secondary N) is 1. The fourth-order valence-corrected chi connectivity index (χ4v) is 2.96. The molecule has 3 N–H and O–H groups in total. The van der Waals surface area contributed by atoms with E-state index in [0.29, 0.717) is 13.1 Å². The van der Waals surface area contributed by atoms with Gasteiger partial charge in [0, 0.05) is 26.2 Å². The molecule has 0 spiro atoms. The standard InChI is InChI=1S/C13H25N3O2.ClH/c1-16-6-7-18-11(9-16)8-15-12(17)13(10-14)4-2-3-5-13;/h11H,2-10,14H2,1H3,(H,15,17);1H. The van der Waals surface area contributed by atoms with E-state index < -0.39 is 0 Å². The van der Waals surface area contributed by atoms with Crippen molar-refractivity contribution in [1.29, 1.82) is 0 Å². The molecule has 112 valence electrons. The van der Waals surface area contributed by atoms with Crippen molar-refractivity contribution in [2.45, 2.75) is 31.8 Å². The topological polar surface area (TPSA) is 67.6 Å². The number of ether oxygens (including phenoxy) is 1. The molecule has 1 aliphatic carbocycles. The number of hydrogen-bond donors (Lipinski definition) is 2. The Hall–Kier alpha value is -0.360. The molecular formula is C13H26ClN3O2. The maximum Gasteiger partial charge on any atom is 0.227 e. The van der Waals surface area contributed by atoms with Crippen molar-refractivity contribution in [3.63, 3.8) is 0 Å². The predicted octanol–water partition coefficient (Wildman–Crippen LogP) is 0.374. The summed E-state index contributed by atoms with van der Waals surface area (Å²) in [6, 6.07) is 0. The van der Waals surface area contributed by atoms with Crippen LogP contribution in [-0.2, 0) is 9.53 Å². The Balaban J connectivity index is 0.00000180. The minimum absolute atomic E-state index is 0. The lowest BCUT2D eigenvalue weighted by Crippen LogP contribution is -2.50. The highest BCUT2D eigenvalue weighted by Gasteiger charge is 2.39. The number of hydrogen-bond acceptors (Lipinski definition) is 4. The van der Waals surface area contributed by atoms with E-state index in [1.54, 1.807) is 0 Å². The van der Waals surface area contributed by atoms with Crippen molar-refractivity contribution in [1.82, 2.24) is 10.2 Å². The number of nitrogens with two attached hydrogens (primary N) is 1. The van der Waals surface area contributed by atoms with Gasteiger partial charge in [0.25, 0.3) is 0 Å². The van der Waals surface area contributed by atoms with Crippen molar-refractivity contribution < 1.29 is 9.53 Å². The van der Waals surface area contributed by atoms with Gasteiger partial charge in [-0.1, -0.05) is 12.8 Å². The Kier molecular flexibility index (Phi) is 6.53. The molecule has 2 fully saturated rings. The first-order valence-electron chi connectivity index (χ1n) is 6.95. The van der Waals surface area contributed by atoms with Crippen LogP contribution in [0.15, 0.2) is 0 Å². The van der Waals surface area contributed by atoms with Gasteiger partial charge in [-0.15, -0.1) is 12.4 Å². The molecule has 5 nitrogen and oxygen atoms in total. The largest absolute Gasteiger partial charge is 0.374 e. The third-order valence-corrected chi connectivity index (χ3v) is 4.27. The van der Waals surface area contributed by atoms with Crippen LogP contribution in [0.5, 0.6) is 0 Å². The average molecular weight is 292 g/mol. The predicted molar refractivity (Wildman–Crippen MR) is 77.5 cm³/mol. The molecule has 1 aliphatic heterocycles. The van der Waals surface area contributed by atoms with E-state index >= 15 is 0 Å². The molecule has 1 unspecified atom stereocenters. The molecule has 19 heavy (non-hydrogen) atoms. The van der Waals surface area contributed by atoms with Gasteiger partial charge in [0.15, 0.2) is 0 Å². The van der Waals surface area contributed by atoms with Crippen LogP contribution in [0.2, 0.25) is 0 Å². The highest BCUT2D eigenvalue weighted by atomic mass is 35.5. The summed E-state index contributed by atoms with van der Waals surface area (Å²) in [5, 5.41) is 3.04. The van der Waals surface area contributed by atoms with Crippen LogP contribution < -0.4 is 11.1 Å². The van der Waals surface area contributed by atoms with Gasteiger partial charge in [0.05, 0.1) is 18.1 Å². The third-order valence-electron chi connectivity index (χ3n) is 4.27. The van der Waals surface area contributed by atoms with Crippen LogP contribution in [-0.4, -0.2) is 56.7 Å². The Morgan fingerprint density at radius 2 is 2.16 bits per heavy atom. The minimum Gasteiger partial charge on any atom is -0.374 e. The van der Waals surface area contributed by atoms with Crippen LogP contribution in [0.3, 0.4) is 0 Å². The molecule has 1 saturated heterocycles. The van der Waals surface area contributed by atoms with E-state index in [9.17, 15) is 4.79 Å². The van der Waals surface area contributed by atoms with E-state index in [2.05, 4.69) is 17.3 Å². The van der Waals surface area contributed by atoms with Crippen molar-refractivity contribution in [3.8, 4) is 0 Å². The van der Waals surface area contributed by atoms with Gasteiger partial charge >= 0.3 is 0 Å². The van der Waals surface area contributed by atoms with Gasteiger partial charge in [-0.05, 0) is 19.9 Å². The Morgan fingerprint density at radius 3 is 2.74 bits per heavy atom. The third kappa shape index (κ3) is 4.05. The zero-order chi connectivity index (χ0) is 13.0. The molecule has 2 aliphatic rings. The van der Waals surface area contributed by atoms with Crippen molar-refractivity contribution in [3.05, 3.63) is 0 Å². The summed E-state index contributed by atoms with van der Waals surface area (Å²) in [6.45, 7) is 3.67. The van der Waals surface area contributed by atoms with E-state index in [-0.39, 0.29) is 29.8 Å². The molecule has 1 heterocycles. The Labute approximate surface area is 121 Å². The number of rotatable bonds is 4. The van der Waals surface area contributed by atoms with Crippen LogP contribution in [0.4, 0.5) is 0 Å². The summed E-state index contributed by atoms with van der Waals surface area (Å²) >= 11 is 0. The second kappa shape index (κ2) is 7.43. The highest BCUT2D eigenvalue weighted by Crippen LogP contribution is 2.37. The molecule has 1 atom stereocenters. The summed E-state index contributed by atoms with van der Waals surface area (Å²) < 4.78 is 5.64. The first-order chi connectivity index (χ1) is 8.66. The average Bonchev–Trinajstić information content (AvgIpc) is 2.86. The SMILES string of the molecule is CN1CCOC(CNC(=O)C2(CN)CCCC2)C1.Cl. The van der Waals surface area contributed by atoms with Crippen LogP contribution in [0.25, 0.3) is 0 Å². The van der Waals surface area contributed by atoms with E-state index in [0.717, 1.165) is 45.4 Å². The Bertz CT molecular complexity index is 296. The van der Waals surface area contributed by atoms with Crippen molar-refractivity contribution in [2.75, 3.05) is 39.8 Å². The number of likely N-dealkylation sites (N-methyl/N-ethyl adjacent to an activating group) is 1. The number of amides is 1. The number of carbonyl (C=O) groups is 1. The first kappa shape index (κ1) is 16.7. The molecule has 0 bridgehead atoms. The molecule has 0 aromatic carbocycles. The second-order valence-electron chi connectivity index (χ2n) is 5.66. The normalized spacial score (nSPS) is 26.7. The second-order valence-corrected chi connectivity index (χ2v) is 5.66. The smallest absolute Gasteiger partial charge is 0.227 e. The number of carbonyl (C=O) groups excluding carboxylic acids is 1. The fourth-order valence-electron chi connectivity index (χ4n) is 2.96. The zero-order valence-electron chi connectivity index (χ0n) is 11.7. The van der Waals surface area contributed by atoms with Crippen LogP contribution >= 0.6 is 12.4 Å². The van der Waals surface area contributed by atoms with Crippen molar-refractivity contribution >= 4 is 18.3 Å². The van der Waals surface area contributed by atoms with Gasteiger partial charge in [-0.25, -0.2) is 0 Å². The molecule has 0 aromatic heterocycles. The lowest BCUT2D eigenvalue weighted by Gasteiger charge is -2.32. The van der Waals surface area contributed by atoms with E-state index in [4.69, 9.17) is 10.5 Å². The van der Waals surface area contributed by atoms with E-state index in [1.165, 1.54) is 0 Å². The van der Waals surface area contributed by atoms with Gasteiger partial charge < -0.3 is 20.7 Å². The summed E-state index contributed by atoms with van der Waals surface area (Å²) in [7, 11) is 2.08. The number of morpholine rings is 1. The molecule has 0 radical (unpaired) electrons. The summed E-state index contributed by atoms with van der Waals surface area (Å²) in [5.41, 5.74) is 5.50. The van der Waals surface area contributed by atoms with E-state index in [1.807, 2.05) is 0 Å². The highest BCUT2D eigenvalue weighted by molar-refractivity contribution is 5.85. The molecule has 1 saturated carbocycles. The zero-order valence-corrected chi connectivity index (χ0v) is 12.5.